The Kier molecular flexibility index (Phi) is 4.58. The van der Waals surface area contributed by atoms with Crippen molar-refractivity contribution in [2.45, 2.75) is 38.1 Å². The van der Waals surface area contributed by atoms with E-state index in [-0.39, 0.29) is 5.54 Å². The lowest BCUT2D eigenvalue weighted by Crippen LogP contribution is -2.41. The Morgan fingerprint density at radius 2 is 1.76 bits per heavy atom. The van der Waals surface area contributed by atoms with Gasteiger partial charge in [-0.1, -0.05) is 25.1 Å². The highest BCUT2D eigenvalue weighted by molar-refractivity contribution is 5.51. The van der Waals surface area contributed by atoms with Gasteiger partial charge in [-0.15, -0.1) is 5.10 Å². The van der Waals surface area contributed by atoms with Crippen LogP contribution < -0.4 is 14.8 Å². The second kappa shape index (κ2) is 7.39. The van der Waals surface area contributed by atoms with Crippen molar-refractivity contribution in [1.29, 1.82) is 0 Å². The summed E-state index contributed by atoms with van der Waals surface area (Å²) in [6.07, 6.45) is 4.23. The first kappa shape index (κ1) is 18.0. The highest BCUT2D eigenvalue weighted by atomic mass is 16.6. The highest BCUT2D eigenvalue weighted by Gasteiger charge is 2.41. The molecule has 2 heterocycles. The molecule has 0 saturated heterocycles. The van der Waals surface area contributed by atoms with Gasteiger partial charge in [0.1, 0.15) is 13.2 Å². The van der Waals surface area contributed by atoms with Crippen molar-refractivity contribution in [3.05, 3.63) is 54.4 Å². The SMILES string of the molecule is CC1CCC(Nc2ccccc2)(c2nnnn2-c2ccc3c(c2)OCCO3)CC1. The second-order valence-corrected chi connectivity index (χ2v) is 8.00. The van der Waals surface area contributed by atoms with E-state index in [1.165, 1.54) is 0 Å². The molecular formula is C22H25N5O2. The Hall–Kier alpha value is -3.09. The molecule has 1 aromatic heterocycles. The van der Waals surface area contributed by atoms with Crippen molar-refractivity contribution in [1.82, 2.24) is 20.2 Å². The Morgan fingerprint density at radius 3 is 2.55 bits per heavy atom. The van der Waals surface area contributed by atoms with E-state index in [1.807, 2.05) is 41.1 Å². The second-order valence-electron chi connectivity index (χ2n) is 8.00. The standard InChI is InChI=1S/C22H25N5O2/c1-16-9-11-22(12-10-16,23-17-5-3-2-4-6-17)21-24-25-26-27(21)18-7-8-19-20(15-18)29-14-13-28-19/h2-8,15-16,23H,9-14H2,1H3. The van der Waals surface area contributed by atoms with E-state index >= 15 is 0 Å². The van der Waals surface area contributed by atoms with E-state index in [4.69, 9.17) is 9.47 Å². The molecule has 2 aromatic carbocycles. The number of rotatable bonds is 4. The molecule has 29 heavy (non-hydrogen) atoms. The molecule has 5 rings (SSSR count). The molecule has 150 valence electrons. The van der Waals surface area contributed by atoms with E-state index < -0.39 is 0 Å². The average molecular weight is 391 g/mol. The molecule has 3 aromatic rings. The zero-order chi connectivity index (χ0) is 19.7. The van der Waals surface area contributed by atoms with E-state index in [0.717, 1.165) is 54.4 Å². The minimum absolute atomic E-state index is 0.315. The van der Waals surface area contributed by atoms with Gasteiger partial charge >= 0.3 is 0 Å². The topological polar surface area (TPSA) is 74.1 Å². The number of nitrogens with one attached hydrogen (secondary N) is 1. The number of benzene rings is 2. The quantitative estimate of drug-likeness (QED) is 0.726. The van der Waals surface area contributed by atoms with Crippen LogP contribution in [0.25, 0.3) is 5.69 Å². The monoisotopic (exact) mass is 391 g/mol. The summed E-state index contributed by atoms with van der Waals surface area (Å²) in [4.78, 5) is 0. The van der Waals surface area contributed by atoms with Crippen molar-refractivity contribution in [2.75, 3.05) is 18.5 Å². The molecule has 0 radical (unpaired) electrons. The number of anilines is 1. The van der Waals surface area contributed by atoms with Crippen molar-refractivity contribution in [2.24, 2.45) is 5.92 Å². The third-order valence-electron chi connectivity index (χ3n) is 5.95. The maximum atomic E-state index is 5.76. The highest BCUT2D eigenvalue weighted by Crippen LogP contribution is 2.42. The van der Waals surface area contributed by atoms with Crippen LogP contribution >= 0.6 is 0 Å². The van der Waals surface area contributed by atoms with E-state index in [2.05, 4.69) is 39.9 Å². The lowest BCUT2D eigenvalue weighted by molar-refractivity contribution is 0.171. The summed E-state index contributed by atoms with van der Waals surface area (Å²) in [5.74, 6) is 3.04. The van der Waals surface area contributed by atoms with Crippen molar-refractivity contribution in [3.8, 4) is 17.2 Å². The molecule has 1 aliphatic heterocycles. The van der Waals surface area contributed by atoms with Crippen molar-refractivity contribution >= 4 is 5.69 Å². The molecule has 0 spiro atoms. The van der Waals surface area contributed by atoms with Crippen molar-refractivity contribution in [3.63, 3.8) is 0 Å². The first-order valence-corrected chi connectivity index (χ1v) is 10.3. The van der Waals surface area contributed by atoms with Gasteiger partial charge in [0.15, 0.2) is 17.3 Å². The minimum atomic E-state index is -0.315. The number of tetrazole rings is 1. The Labute approximate surface area is 170 Å². The van der Waals surface area contributed by atoms with Gasteiger partial charge in [-0.3, -0.25) is 0 Å². The normalized spacial score (nSPS) is 23.6. The Balaban J connectivity index is 1.55. The predicted molar refractivity (Wildman–Crippen MR) is 110 cm³/mol. The first-order valence-electron chi connectivity index (χ1n) is 10.3. The Morgan fingerprint density at radius 1 is 1.00 bits per heavy atom. The fourth-order valence-electron chi connectivity index (χ4n) is 4.28. The third kappa shape index (κ3) is 3.41. The fraction of sp³-hybridized carbons (Fsp3) is 0.409. The number of hydrogen-bond acceptors (Lipinski definition) is 6. The van der Waals surface area contributed by atoms with E-state index in [0.29, 0.717) is 19.1 Å². The zero-order valence-electron chi connectivity index (χ0n) is 16.5. The van der Waals surface area contributed by atoms with Crippen LogP contribution in [-0.4, -0.2) is 33.4 Å². The number of para-hydroxylation sites is 1. The van der Waals surface area contributed by atoms with Crippen molar-refractivity contribution < 1.29 is 9.47 Å². The van der Waals surface area contributed by atoms with E-state index in [1.54, 1.807) is 0 Å². The fourth-order valence-corrected chi connectivity index (χ4v) is 4.28. The molecule has 1 fully saturated rings. The molecule has 1 N–H and O–H groups in total. The van der Waals surface area contributed by atoms with Gasteiger partial charge < -0.3 is 14.8 Å². The van der Waals surface area contributed by atoms with Gasteiger partial charge in [0, 0.05) is 11.8 Å². The largest absolute Gasteiger partial charge is 0.486 e. The summed E-state index contributed by atoms with van der Waals surface area (Å²) >= 11 is 0. The van der Waals surface area contributed by atoms with Crippen LogP contribution in [0, 0.1) is 5.92 Å². The molecule has 0 amide bonds. The summed E-state index contributed by atoms with van der Waals surface area (Å²) in [5, 5.41) is 16.6. The van der Waals surface area contributed by atoms with Crippen LogP contribution in [0.3, 0.4) is 0 Å². The van der Waals surface area contributed by atoms with Gasteiger partial charge in [0.05, 0.1) is 11.2 Å². The van der Waals surface area contributed by atoms with Gasteiger partial charge in [0.2, 0.25) is 0 Å². The molecule has 2 aliphatic rings. The third-order valence-corrected chi connectivity index (χ3v) is 5.95. The predicted octanol–water partition coefficient (Wildman–Crippen LogP) is 3.95. The number of aromatic nitrogens is 4. The first-order chi connectivity index (χ1) is 14.2. The van der Waals surface area contributed by atoms with Gasteiger partial charge in [-0.25, -0.2) is 0 Å². The molecule has 1 aliphatic carbocycles. The number of hydrogen-bond donors (Lipinski definition) is 1. The van der Waals surface area contributed by atoms with Gasteiger partial charge in [-0.05, 0) is 66.3 Å². The van der Waals surface area contributed by atoms with Crippen LogP contribution in [0.2, 0.25) is 0 Å². The van der Waals surface area contributed by atoms with Gasteiger partial charge in [-0.2, -0.15) is 4.68 Å². The van der Waals surface area contributed by atoms with Crippen LogP contribution in [-0.2, 0) is 5.54 Å². The average Bonchev–Trinajstić information content (AvgIpc) is 3.27. The maximum Gasteiger partial charge on any atom is 0.181 e. The minimum Gasteiger partial charge on any atom is -0.486 e. The number of nitrogens with zero attached hydrogens (tertiary/aromatic N) is 4. The summed E-state index contributed by atoms with van der Waals surface area (Å²) < 4.78 is 13.3. The lowest BCUT2D eigenvalue weighted by Gasteiger charge is -2.39. The Bertz CT molecular complexity index is 980. The van der Waals surface area contributed by atoms with Gasteiger partial charge in [0.25, 0.3) is 0 Å². The lowest BCUT2D eigenvalue weighted by atomic mass is 9.76. The molecule has 0 unspecified atom stereocenters. The molecule has 1 saturated carbocycles. The summed E-state index contributed by atoms with van der Waals surface area (Å²) in [6.45, 7) is 3.44. The van der Waals surface area contributed by atoms with Crippen LogP contribution in [0.4, 0.5) is 5.69 Å². The van der Waals surface area contributed by atoms with E-state index in [9.17, 15) is 0 Å². The molecular weight excluding hydrogens is 366 g/mol. The number of fused-ring (bicyclic) bond motifs is 1. The maximum absolute atomic E-state index is 5.76. The molecule has 0 bridgehead atoms. The zero-order valence-corrected chi connectivity index (χ0v) is 16.5. The molecule has 7 heteroatoms. The smallest absolute Gasteiger partial charge is 0.181 e. The molecule has 0 atom stereocenters. The molecule has 7 nitrogen and oxygen atoms in total. The summed E-state index contributed by atoms with van der Waals surface area (Å²) in [6, 6.07) is 16.2. The number of ether oxygens (including phenoxy) is 2. The van der Waals surface area contributed by atoms with Crippen LogP contribution in [0.15, 0.2) is 48.5 Å². The van der Waals surface area contributed by atoms with Crippen LogP contribution in [0.5, 0.6) is 11.5 Å². The summed E-state index contributed by atoms with van der Waals surface area (Å²) in [5.41, 5.74) is 1.64. The summed E-state index contributed by atoms with van der Waals surface area (Å²) in [7, 11) is 0. The van der Waals surface area contributed by atoms with Crippen LogP contribution in [0.1, 0.15) is 38.4 Å².